The number of halogens is 1. The van der Waals surface area contributed by atoms with Gasteiger partial charge < -0.3 is 15.7 Å². The van der Waals surface area contributed by atoms with Crippen LogP contribution in [0.5, 0.6) is 0 Å². The summed E-state index contributed by atoms with van der Waals surface area (Å²) in [6, 6.07) is 7.49. The smallest absolute Gasteiger partial charge is 0.242 e. The first-order valence-corrected chi connectivity index (χ1v) is 6.36. The number of carbonyl (C=O) groups is 1. The molecule has 0 saturated carbocycles. The van der Waals surface area contributed by atoms with Gasteiger partial charge in [0.15, 0.2) is 0 Å². The average molecular weight is 285 g/mol. The predicted molar refractivity (Wildman–Crippen MR) is 77.2 cm³/mol. The van der Waals surface area contributed by atoms with Gasteiger partial charge in [-0.15, -0.1) is 12.4 Å². The molecular weight excluding hydrogens is 264 g/mol. The minimum Gasteiger partial charge on any atom is -0.394 e. The Morgan fingerprint density at radius 1 is 1.53 bits per heavy atom. The first kappa shape index (κ1) is 16.0. The molecule has 1 aliphatic carbocycles. The van der Waals surface area contributed by atoms with E-state index in [1.54, 1.807) is 11.9 Å². The van der Waals surface area contributed by atoms with E-state index in [4.69, 9.17) is 10.8 Å². The van der Waals surface area contributed by atoms with Crippen LogP contribution in [0.25, 0.3) is 0 Å². The molecule has 0 unspecified atom stereocenters. The van der Waals surface area contributed by atoms with Gasteiger partial charge in [0.1, 0.15) is 6.04 Å². The van der Waals surface area contributed by atoms with Crippen molar-refractivity contribution < 1.29 is 9.90 Å². The van der Waals surface area contributed by atoms with Crippen LogP contribution in [0.2, 0.25) is 0 Å². The number of amides is 1. The van der Waals surface area contributed by atoms with E-state index in [0.717, 1.165) is 19.3 Å². The summed E-state index contributed by atoms with van der Waals surface area (Å²) in [6.07, 6.45) is 3.10. The van der Waals surface area contributed by atoms with Crippen molar-refractivity contribution in [2.75, 3.05) is 13.7 Å². The van der Waals surface area contributed by atoms with Gasteiger partial charge in [-0.2, -0.15) is 0 Å². The van der Waals surface area contributed by atoms with Crippen LogP contribution < -0.4 is 5.73 Å². The van der Waals surface area contributed by atoms with Crippen molar-refractivity contribution in [3.05, 3.63) is 35.4 Å². The van der Waals surface area contributed by atoms with E-state index in [1.807, 2.05) is 12.1 Å². The molecule has 5 heteroatoms. The molecule has 19 heavy (non-hydrogen) atoms. The molecule has 1 amide bonds. The highest BCUT2D eigenvalue weighted by atomic mass is 35.5. The third-order valence-electron chi connectivity index (χ3n) is 3.67. The number of likely N-dealkylation sites (N-methyl/N-ethyl adjacent to an activating group) is 1. The number of nitrogens with two attached hydrogens (primary N) is 1. The largest absolute Gasteiger partial charge is 0.394 e. The molecule has 0 radical (unpaired) electrons. The minimum absolute atomic E-state index is 0. The lowest BCUT2D eigenvalue weighted by molar-refractivity contribution is -0.134. The van der Waals surface area contributed by atoms with E-state index < -0.39 is 6.04 Å². The van der Waals surface area contributed by atoms with Crippen LogP contribution in [0.15, 0.2) is 24.3 Å². The van der Waals surface area contributed by atoms with Crippen LogP contribution in [0.4, 0.5) is 0 Å². The number of benzene rings is 1. The van der Waals surface area contributed by atoms with E-state index >= 15 is 0 Å². The maximum atomic E-state index is 12.0. The molecule has 0 heterocycles. The predicted octanol–water partition coefficient (Wildman–Crippen LogP) is 1.26. The second-order valence-corrected chi connectivity index (χ2v) is 4.85. The van der Waals surface area contributed by atoms with Crippen molar-refractivity contribution in [3.8, 4) is 0 Å². The summed E-state index contributed by atoms with van der Waals surface area (Å²) >= 11 is 0. The lowest BCUT2D eigenvalue weighted by Gasteiger charge is -2.34. The van der Waals surface area contributed by atoms with Crippen LogP contribution in [-0.4, -0.2) is 35.6 Å². The van der Waals surface area contributed by atoms with Crippen LogP contribution in [0, 0.1) is 0 Å². The monoisotopic (exact) mass is 284 g/mol. The first-order valence-electron chi connectivity index (χ1n) is 6.36. The molecule has 2 rings (SSSR count). The zero-order chi connectivity index (χ0) is 13.1. The molecule has 0 saturated heterocycles. The van der Waals surface area contributed by atoms with Crippen LogP contribution in [0.1, 0.15) is 30.0 Å². The Bertz CT molecular complexity index is 439. The number of aliphatic hydroxyl groups excluding tert-OH is 1. The maximum Gasteiger partial charge on any atom is 0.242 e. The third kappa shape index (κ3) is 3.26. The molecule has 1 aromatic rings. The normalized spacial score (nSPS) is 19.0. The fourth-order valence-corrected chi connectivity index (χ4v) is 2.62. The van der Waals surface area contributed by atoms with E-state index in [-0.39, 0.29) is 31.0 Å². The summed E-state index contributed by atoms with van der Waals surface area (Å²) < 4.78 is 0. The van der Waals surface area contributed by atoms with Gasteiger partial charge in [-0.05, 0) is 30.4 Å². The maximum absolute atomic E-state index is 12.0. The lowest BCUT2D eigenvalue weighted by atomic mass is 9.87. The lowest BCUT2D eigenvalue weighted by Crippen LogP contribution is -2.45. The zero-order valence-electron chi connectivity index (χ0n) is 11.1. The Morgan fingerprint density at radius 2 is 2.21 bits per heavy atom. The van der Waals surface area contributed by atoms with Gasteiger partial charge in [0, 0.05) is 7.05 Å². The minimum atomic E-state index is -0.816. The molecule has 2 atom stereocenters. The molecule has 1 aromatic carbocycles. The molecule has 3 N–H and O–H groups in total. The van der Waals surface area contributed by atoms with Crippen LogP contribution in [-0.2, 0) is 11.2 Å². The summed E-state index contributed by atoms with van der Waals surface area (Å²) in [4.78, 5) is 13.7. The van der Waals surface area contributed by atoms with Crippen molar-refractivity contribution in [3.63, 3.8) is 0 Å². The van der Waals surface area contributed by atoms with Gasteiger partial charge in [-0.3, -0.25) is 4.79 Å². The number of nitrogens with zero attached hydrogens (tertiary/aromatic N) is 1. The second kappa shape index (κ2) is 6.89. The van der Waals surface area contributed by atoms with Crippen molar-refractivity contribution in [2.24, 2.45) is 5.73 Å². The van der Waals surface area contributed by atoms with Crippen molar-refractivity contribution in [1.29, 1.82) is 0 Å². The quantitative estimate of drug-likeness (QED) is 0.878. The first-order chi connectivity index (χ1) is 8.65. The molecule has 0 fully saturated rings. The van der Waals surface area contributed by atoms with Gasteiger partial charge >= 0.3 is 0 Å². The Hall–Kier alpha value is -1.10. The number of carbonyl (C=O) groups excluding carboxylic acids is 1. The Balaban J connectivity index is 0.00000180. The zero-order valence-corrected chi connectivity index (χ0v) is 11.9. The molecule has 0 aromatic heterocycles. The molecule has 4 nitrogen and oxygen atoms in total. The number of hydrogen-bond acceptors (Lipinski definition) is 3. The van der Waals surface area contributed by atoms with Crippen LogP contribution in [0.3, 0.4) is 0 Å². The van der Waals surface area contributed by atoms with E-state index in [2.05, 4.69) is 12.1 Å². The standard InChI is InChI=1S/C14H20N2O2.ClH/c1-16(14(18)12(15)9-17)13-8-4-6-10-5-2-3-7-11(10)13;/h2-3,5,7,12-13,17H,4,6,8-9,15H2,1H3;1H/t12-,13+;/m0./s1. The Morgan fingerprint density at radius 3 is 2.89 bits per heavy atom. The highest BCUT2D eigenvalue weighted by Crippen LogP contribution is 2.33. The number of fused-ring (bicyclic) bond motifs is 1. The van der Waals surface area contributed by atoms with Gasteiger partial charge in [0.2, 0.25) is 5.91 Å². The van der Waals surface area contributed by atoms with Gasteiger partial charge in [0.25, 0.3) is 0 Å². The number of rotatable bonds is 3. The Kier molecular flexibility index (Phi) is 5.79. The van der Waals surface area contributed by atoms with Crippen molar-refractivity contribution in [2.45, 2.75) is 31.3 Å². The third-order valence-corrected chi connectivity index (χ3v) is 3.67. The summed E-state index contributed by atoms with van der Waals surface area (Å²) in [5.41, 5.74) is 8.13. The van der Waals surface area contributed by atoms with E-state index in [0.29, 0.717) is 0 Å². The summed E-state index contributed by atoms with van der Waals surface area (Å²) in [6.45, 7) is -0.308. The highest BCUT2D eigenvalue weighted by molar-refractivity contribution is 5.85. The van der Waals surface area contributed by atoms with E-state index in [9.17, 15) is 4.79 Å². The van der Waals surface area contributed by atoms with Crippen LogP contribution >= 0.6 is 12.4 Å². The van der Waals surface area contributed by atoms with Crippen molar-refractivity contribution >= 4 is 18.3 Å². The fraction of sp³-hybridized carbons (Fsp3) is 0.500. The summed E-state index contributed by atoms with van der Waals surface area (Å²) in [7, 11) is 1.77. The summed E-state index contributed by atoms with van der Waals surface area (Å²) in [5, 5.41) is 8.98. The molecule has 1 aliphatic rings. The summed E-state index contributed by atoms with van der Waals surface area (Å²) in [5.74, 6) is -0.195. The molecule has 0 spiro atoms. The SMILES string of the molecule is CN(C(=O)[C@@H](N)CO)[C@@H]1CCCc2ccccc21.Cl. The fourth-order valence-electron chi connectivity index (χ4n) is 2.62. The van der Waals surface area contributed by atoms with Gasteiger partial charge in [0.05, 0.1) is 12.6 Å². The molecule has 106 valence electrons. The Labute approximate surface area is 120 Å². The molecule has 0 aliphatic heterocycles. The molecular formula is C14H21ClN2O2. The van der Waals surface area contributed by atoms with Gasteiger partial charge in [-0.25, -0.2) is 0 Å². The number of aliphatic hydroxyl groups is 1. The molecule has 0 bridgehead atoms. The number of aryl methyl sites for hydroxylation is 1. The average Bonchev–Trinajstić information content (AvgIpc) is 2.44. The second-order valence-electron chi connectivity index (χ2n) is 4.85. The highest BCUT2D eigenvalue weighted by Gasteiger charge is 2.28. The van der Waals surface area contributed by atoms with Crippen molar-refractivity contribution in [1.82, 2.24) is 4.90 Å². The van der Waals surface area contributed by atoms with E-state index in [1.165, 1.54) is 11.1 Å². The number of hydrogen-bond donors (Lipinski definition) is 2. The van der Waals surface area contributed by atoms with Gasteiger partial charge in [-0.1, -0.05) is 24.3 Å². The topological polar surface area (TPSA) is 66.6 Å².